The van der Waals surface area contributed by atoms with Gasteiger partial charge in [-0.3, -0.25) is 9.97 Å². The Hall–Kier alpha value is -2.07. The van der Waals surface area contributed by atoms with Gasteiger partial charge in [-0.2, -0.15) is 0 Å². The van der Waals surface area contributed by atoms with Crippen molar-refractivity contribution in [3.8, 4) is 0 Å². The molecule has 0 radical (unpaired) electrons. The summed E-state index contributed by atoms with van der Waals surface area (Å²) in [6.07, 6.45) is 7.19. The van der Waals surface area contributed by atoms with E-state index in [2.05, 4.69) is 9.97 Å². The molecule has 18 heavy (non-hydrogen) atoms. The van der Waals surface area contributed by atoms with E-state index in [1.165, 1.54) is 4.90 Å². The fourth-order valence-electron chi connectivity index (χ4n) is 1.81. The SMILES string of the molecule is Nc1ccc(Sc2ccncc2)c2ccncc12. The first-order valence-electron chi connectivity index (χ1n) is 5.55. The quantitative estimate of drug-likeness (QED) is 0.711. The van der Waals surface area contributed by atoms with Gasteiger partial charge in [-0.15, -0.1) is 0 Å². The maximum absolute atomic E-state index is 5.96. The molecule has 3 rings (SSSR count). The summed E-state index contributed by atoms with van der Waals surface area (Å²) in [6.45, 7) is 0. The minimum atomic E-state index is 0.761. The Labute approximate surface area is 109 Å². The molecule has 0 bridgehead atoms. The van der Waals surface area contributed by atoms with Gasteiger partial charge in [0.15, 0.2) is 0 Å². The normalized spacial score (nSPS) is 10.7. The molecular formula is C14H11N3S. The molecular weight excluding hydrogens is 242 g/mol. The molecule has 2 heterocycles. The van der Waals surface area contributed by atoms with E-state index in [9.17, 15) is 0 Å². The number of nitrogens with zero attached hydrogens (tertiary/aromatic N) is 2. The van der Waals surface area contributed by atoms with Crippen molar-refractivity contribution in [2.45, 2.75) is 9.79 Å². The Balaban J connectivity index is 2.10. The van der Waals surface area contributed by atoms with Crippen molar-refractivity contribution >= 4 is 28.2 Å². The Morgan fingerprint density at radius 2 is 1.61 bits per heavy atom. The fraction of sp³-hybridized carbons (Fsp3) is 0. The van der Waals surface area contributed by atoms with Crippen LogP contribution in [0.5, 0.6) is 0 Å². The van der Waals surface area contributed by atoms with Crippen molar-refractivity contribution in [3.63, 3.8) is 0 Å². The monoisotopic (exact) mass is 253 g/mol. The number of rotatable bonds is 2. The fourth-order valence-corrected chi connectivity index (χ4v) is 2.74. The predicted molar refractivity (Wildman–Crippen MR) is 74.5 cm³/mol. The second-order valence-corrected chi connectivity index (χ2v) is 4.97. The lowest BCUT2D eigenvalue weighted by Gasteiger charge is -2.07. The molecule has 0 aliphatic rings. The highest BCUT2D eigenvalue weighted by atomic mass is 32.2. The molecule has 4 heteroatoms. The minimum Gasteiger partial charge on any atom is -0.398 e. The number of nitrogen functional groups attached to an aromatic ring is 1. The number of aromatic nitrogens is 2. The highest BCUT2D eigenvalue weighted by molar-refractivity contribution is 7.99. The van der Waals surface area contributed by atoms with Crippen molar-refractivity contribution in [1.82, 2.24) is 9.97 Å². The number of hydrogen-bond acceptors (Lipinski definition) is 4. The Bertz CT molecular complexity index is 683. The van der Waals surface area contributed by atoms with Crippen LogP contribution >= 0.6 is 11.8 Å². The first-order chi connectivity index (χ1) is 8.84. The third kappa shape index (κ3) is 2.02. The van der Waals surface area contributed by atoms with Crippen LogP contribution in [0.4, 0.5) is 5.69 Å². The smallest absolute Gasteiger partial charge is 0.0410 e. The van der Waals surface area contributed by atoms with E-state index in [1.807, 2.05) is 30.3 Å². The standard InChI is InChI=1S/C14H11N3S/c15-13-1-2-14(11-5-8-17-9-12(11)13)18-10-3-6-16-7-4-10/h1-9H,15H2. The number of anilines is 1. The molecule has 0 unspecified atom stereocenters. The highest BCUT2D eigenvalue weighted by Crippen LogP contribution is 2.34. The third-order valence-corrected chi connectivity index (χ3v) is 3.77. The second-order valence-electron chi connectivity index (χ2n) is 3.86. The molecule has 0 fully saturated rings. The molecule has 0 aliphatic carbocycles. The average Bonchev–Trinajstić information content (AvgIpc) is 2.44. The van der Waals surface area contributed by atoms with E-state index in [4.69, 9.17) is 5.73 Å². The van der Waals surface area contributed by atoms with E-state index in [0.717, 1.165) is 21.4 Å². The molecule has 0 saturated heterocycles. The Morgan fingerprint density at radius 1 is 0.833 bits per heavy atom. The second kappa shape index (κ2) is 4.66. The summed E-state index contributed by atoms with van der Waals surface area (Å²) in [7, 11) is 0. The largest absolute Gasteiger partial charge is 0.398 e. The zero-order valence-electron chi connectivity index (χ0n) is 9.58. The molecule has 0 aliphatic heterocycles. The van der Waals surface area contributed by atoms with Crippen LogP contribution in [0.2, 0.25) is 0 Å². The molecule has 1 aromatic carbocycles. The number of benzene rings is 1. The van der Waals surface area contributed by atoms with Gasteiger partial charge < -0.3 is 5.73 Å². The van der Waals surface area contributed by atoms with Crippen LogP contribution in [0, 0.1) is 0 Å². The van der Waals surface area contributed by atoms with Crippen molar-refractivity contribution in [2.24, 2.45) is 0 Å². The summed E-state index contributed by atoms with van der Waals surface area (Å²) < 4.78 is 0. The van der Waals surface area contributed by atoms with Crippen LogP contribution in [-0.4, -0.2) is 9.97 Å². The average molecular weight is 253 g/mol. The molecule has 3 aromatic rings. The zero-order valence-corrected chi connectivity index (χ0v) is 10.4. The molecule has 88 valence electrons. The lowest BCUT2D eigenvalue weighted by atomic mass is 10.1. The lowest BCUT2D eigenvalue weighted by Crippen LogP contribution is -1.89. The summed E-state index contributed by atoms with van der Waals surface area (Å²) in [5.41, 5.74) is 6.72. The summed E-state index contributed by atoms with van der Waals surface area (Å²) in [6, 6.07) is 9.95. The first-order valence-corrected chi connectivity index (χ1v) is 6.36. The van der Waals surface area contributed by atoms with Gasteiger partial charge >= 0.3 is 0 Å². The van der Waals surface area contributed by atoms with E-state index in [0.29, 0.717) is 0 Å². The van der Waals surface area contributed by atoms with Gasteiger partial charge in [0.2, 0.25) is 0 Å². The van der Waals surface area contributed by atoms with E-state index < -0.39 is 0 Å². The molecule has 0 spiro atoms. The topological polar surface area (TPSA) is 51.8 Å². The highest BCUT2D eigenvalue weighted by Gasteiger charge is 2.05. The van der Waals surface area contributed by atoms with Crippen molar-refractivity contribution in [1.29, 1.82) is 0 Å². The molecule has 2 N–H and O–H groups in total. The van der Waals surface area contributed by atoms with Gasteiger partial charge in [-0.1, -0.05) is 11.8 Å². The van der Waals surface area contributed by atoms with Gasteiger partial charge in [-0.25, -0.2) is 0 Å². The van der Waals surface area contributed by atoms with Crippen molar-refractivity contribution < 1.29 is 0 Å². The maximum atomic E-state index is 5.96. The summed E-state index contributed by atoms with van der Waals surface area (Å²) in [5.74, 6) is 0. The van der Waals surface area contributed by atoms with Gasteiger partial charge in [0.25, 0.3) is 0 Å². The number of pyridine rings is 2. The van der Waals surface area contributed by atoms with E-state index in [-0.39, 0.29) is 0 Å². The van der Waals surface area contributed by atoms with Gasteiger partial charge in [-0.05, 0) is 30.3 Å². The van der Waals surface area contributed by atoms with Crippen LogP contribution in [0.1, 0.15) is 0 Å². The van der Waals surface area contributed by atoms with E-state index >= 15 is 0 Å². The van der Waals surface area contributed by atoms with Gasteiger partial charge in [0.05, 0.1) is 0 Å². The first kappa shape index (κ1) is 11.0. The number of nitrogens with two attached hydrogens (primary N) is 1. The van der Waals surface area contributed by atoms with Crippen LogP contribution in [0.25, 0.3) is 10.8 Å². The van der Waals surface area contributed by atoms with Gasteiger partial charge in [0.1, 0.15) is 0 Å². The van der Waals surface area contributed by atoms with E-state index in [1.54, 1.807) is 36.5 Å². The summed E-state index contributed by atoms with van der Waals surface area (Å²) >= 11 is 1.70. The predicted octanol–water partition coefficient (Wildman–Crippen LogP) is 3.36. The van der Waals surface area contributed by atoms with Crippen LogP contribution in [-0.2, 0) is 0 Å². The summed E-state index contributed by atoms with van der Waals surface area (Å²) in [4.78, 5) is 10.5. The van der Waals surface area contributed by atoms with Gasteiger partial charge in [0, 0.05) is 51.0 Å². The van der Waals surface area contributed by atoms with Crippen LogP contribution in [0.3, 0.4) is 0 Å². The molecule has 3 nitrogen and oxygen atoms in total. The summed E-state index contributed by atoms with van der Waals surface area (Å²) in [5, 5.41) is 2.13. The molecule has 0 atom stereocenters. The Kier molecular flexibility index (Phi) is 2.86. The number of fused-ring (bicyclic) bond motifs is 1. The minimum absolute atomic E-state index is 0.761. The lowest BCUT2D eigenvalue weighted by molar-refractivity contribution is 1.26. The Morgan fingerprint density at radius 3 is 2.44 bits per heavy atom. The molecule has 0 saturated carbocycles. The van der Waals surface area contributed by atoms with Crippen LogP contribution in [0.15, 0.2) is 64.9 Å². The molecule has 0 amide bonds. The van der Waals surface area contributed by atoms with Crippen LogP contribution < -0.4 is 5.73 Å². The zero-order chi connectivity index (χ0) is 12.4. The maximum Gasteiger partial charge on any atom is 0.0410 e. The molecule has 2 aromatic heterocycles. The van der Waals surface area contributed by atoms with Crippen molar-refractivity contribution in [3.05, 3.63) is 55.1 Å². The van der Waals surface area contributed by atoms with Crippen molar-refractivity contribution in [2.75, 3.05) is 5.73 Å². The third-order valence-electron chi connectivity index (χ3n) is 2.69. The number of hydrogen-bond donors (Lipinski definition) is 1.